The topological polar surface area (TPSA) is 101 Å². The third-order valence-electron chi connectivity index (χ3n) is 7.64. The first-order valence-corrected chi connectivity index (χ1v) is 14.1. The van der Waals surface area contributed by atoms with Gasteiger partial charge in [0.2, 0.25) is 0 Å². The summed E-state index contributed by atoms with van der Waals surface area (Å²) in [6.07, 6.45) is 0.271. The predicted molar refractivity (Wildman–Crippen MR) is 167 cm³/mol. The summed E-state index contributed by atoms with van der Waals surface area (Å²) < 4.78 is 8.18. The molecule has 0 aliphatic rings. The Kier molecular flexibility index (Phi) is 7.35. The molecule has 6 aromatic rings. The summed E-state index contributed by atoms with van der Waals surface area (Å²) in [5.74, 6) is 0.489. The highest BCUT2D eigenvalue weighted by atomic mass is 16.5. The number of carboxylic acid groups (broad SMARTS) is 1. The smallest absolute Gasteiger partial charge is 0.309 e. The van der Waals surface area contributed by atoms with E-state index in [1.54, 1.807) is 19.9 Å². The van der Waals surface area contributed by atoms with E-state index in [4.69, 9.17) is 14.7 Å². The van der Waals surface area contributed by atoms with Crippen LogP contribution in [-0.4, -0.2) is 25.6 Å². The zero-order valence-electron chi connectivity index (χ0n) is 24.0. The highest BCUT2D eigenvalue weighted by Crippen LogP contribution is 2.29. The number of carboxylic acids is 1. The van der Waals surface area contributed by atoms with Crippen LogP contribution in [0.1, 0.15) is 36.5 Å². The van der Waals surface area contributed by atoms with Crippen LogP contribution >= 0.6 is 0 Å². The normalized spacial score (nSPS) is 11.5. The number of hydrogen-bond acceptors (Lipinski definition) is 5. The van der Waals surface area contributed by atoms with Gasteiger partial charge in [-0.15, -0.1) is 0 Å². The average molecular weight is 567 g/mol. The van der Waals surface area contributed by atoms with E-state index < -0.39 is 11.4 Å². The molecule has 212 valence electrons. The quantitative estimate of drug-likeness (QED) is 0.196. The molecule has 7 nitrogen and oxygen atoms in total. The van der Waals surface area contributed by atoms with E-state index in [2.05, 4.69) is 22.8 Å². The standard InChI is InChI=1S/C36H30N4O3/c1-36(2,35(41)42)20-34-39-32-19-30(43-23-29-15-14-27-7-3-4-9-31(27)38-29)16-17-33(32)40(34)22-24-10-12-26(13-11-24)28-8-5-6-25(18-28)21-37/h3-19H,20,22-23H2,1-2H3,(H,41,42). The van der Waals surface area contributed by atoms with E-state index in [1.165, 1.54) is 0 Å². The van der Waals surface area contributed by atoms with E-state index in [0.717, 1.165) is 44.3 Å². The molecule has 0 aliphatic heterocycles. The fourth-order valence-corrected chi connectivity index (χ4v) is 5.13. The van der Waals surface area contributed by atoms with Crippen LogP contribution in [0.4, 0.5) is 0 Å². The van der Waals surface area contributed by atoms with Crippen molar-refractivity contribution in [2.75, 3.05) is 0 Å². The molecule has 0 unspecified atom stereocenters. The lowest BCUT2D eigenvalue weighted by Crippen LogP contribution is -2.27. The number of fused-ring (bicyclic) bond motifs is 2. The number of benzene rings is 4. The molecular weight excluding hydrogens is 536 g/mol. The summed E-state index contributed by atoms with van der Waals surface area (Å²) >= 11 is 0. The molecule has 43 heavy (non-hydrogen) atoms. The summed E-state index contributed by atoms with van der Waals surface area (Å²) in [4.78, 5) is 21.6. The van der Waals surface area contributed by atoms with Gasteiger partial charge in [0.05, 0.1) is 39.3 Å². The molecule has 0 aliphatic carbocycles. The monoisotopic (exact) mass is 566 g/mol. The lowest BCUT2D eigenvalue weighted by Gasteiger charge is -2.19. The minimum atomic E-state index is -0.990. The Morgan fingerprint density at radius 3 is 2.49 bits per heavy atom. The van der Waals surface area contributed by atoms with E-state index in [0.29, 0.717) is 30.3 Å². The average Bonchev–Trinajstić information content (AvgIpc) is 3.35. The van der Waals surface area contributed by atoms with E-state index in [9.17, 15) is 15.2 Å². The van der Waals surface area contributed by atoms with Gasteiger partial charge in [-0.05, 0) is 66.9 Å². The Hall–Kier alpha value is -5.48. The van der Waals surface area contributed by atoms with E-state index in [1.807, 2.05) is 84.9 Å². The molecule has 0 spiro atoms. The maximum absolute atomic E-state index is 12.0. The number of imidazole rings is 1. The Bertz CT molecular complexity index is 2000. The number of ether oxygens (including phenoxy) is 1. The molecule has 0 amide bonds. The molecule has 0 saturated heterocycles. The third-order valence-corrected chi connectivity index (χ3v) is 7.64. The second-order valence-corrected chi connectivity index (χ2v) is 11.3. The van der Waals surface area contributed by atoms with Gasteiger partial charge < -0.3 is 14.4 Å². The third kappa shape index (κ3) is 5.95. The highest BCUT2D eigenvalue weighted by Gasteiger charge is 2.30. The number of para-hydroxylation sites is 1. The number of carbonyl (C=O) groups is 1. The molecule has 0 atom stereocenters. The van der Waals surface area contributed by atoms with Crippen LogP contribution in [-0.2, 0) is 24.4 Å². The first-order chi connectivity index (χ1) is 20.8. The number of aromatic nitrogens is 3. The predicted octanol–water partition coefficient (Wildman–Crippen LogP) is 7.40. The van der Waals surface area contributed by atoms with Crippen LogP contribution in [0, 0.1) is 16.7 Å². The van der Waals surface area contributed by atoms with Gasteiger partial charge in [0.1, 0.15) is 18.2 Å². The first-order valence-electron chi connectivity index (χ1n) is 14.1. The Labute approximate surface area is 249 Å². The van der Waals surface area contributed by atoms with Crippen LogP contribution in [0.25, 0.3) is 33.1 Å². The zero-order chi connectivity index (χ0) is 30.0. The van der Waals surface area contributed by atoms with Gasteiger partial charge in [0, 0.05) is 24.4 Å². The van der Waals surface area contributed by atoms with Crippen molar-refractivity contribution in [2.24, 2.45) is 5.41 Å². The Balaban J connectivity index is 1.28. The summed E-state index contributed by atoms with van der Waals surface area (Å²) in [5, 5.41) is 20.2. The number of nitriles is 1. The van der Waals surface area contributed by atoms with Gasteiger partial charge in [0.25, 0.3) is 0 Å². The Morgan fingerprint density at radius 2 is 1.70 bits per heavy atom. The van der Waals surface area contributed by atoms with Crippen molar-refractivity contribution in [3.8, 4) is 22.9 Å². The molecule has 0 radical (unpaired) electrons. The van der Waals surface area contributed by atoms with Gasteiger partial charge in [-0.25, -0.2) is 9.97 Å². The fraction of sp³-hybridized carbons (Fsp3) is 0.167. The largest absolute Gasteiger partial charge is 0.487 e. The van der Waals surface area contributed by atoms with Gasteiger partial charge in [-0.1, -0.05) is 60.7 Å². The van der Waals surface area contributed by atoms with Crippen LogP contribution in [0.2, 0.25) is 0 Å². The van der Waals surface area contributed by atoms with Crippen LogP contribution < -0.4 is 4.74 Å². The number of rotatable bonds is 9. The molecule has 0 fully saturated rings. The number of pyridine rings is 1. The van der Waals surface area contributed by atoms with Crippen LogP contribution in [0.15, 0.2) is 103 Å². The van der Waals surface area contributed by atoms with E-state index in [-0.39, 0.29) is 6.42 Å². The van der Waals surface area contributed by atoms with Crippen molar-refractivity contribution in [3.63, 3.8) is 0 Å². The SMILES string of the molecule is CC(C)(Cc1nc2cc(OCc3ccc4ccccc4n3)ccc2n1Cc1ccc(-c2cccc(C#N)c2)cc1)C(=O)O. The van der Waals surface area contributed by atoms with Crippen LogP contribution in [0.3, 0.4) is 0 Å². The summed E-state index contributed by atoms with van der Waals surface area (Å²) in [6.45, 7) is 4.28. The molecule has 6 rings (SSSR count). The van der Waals surface area contributed by atoms with Gasteiger partial charge >= 0.3 is 5.97 Å². The van der Waals surface area contributed by atoms with Crippen LogP contribution in [0.5, 0.6) is 5.75 Å². The summed E-state index contributed by atoms with van der Waals surface area (Å²) in [6, 6.07) is 35.7. The second-order valence-electron chi connectivity index (χ2n) is 11.3. The molecule has 2 heterocycles. The Morgan fingerprint density at radius 1 is 0.884 bits per heavy atom. The minimum absolute atomic E-state index is 0.271. The highest BCUT2D eigenvalue weighted by molar-refractivity contribution is 5.79. The molecule has 4 aromatic carbocycles. The van der Waals surface area contributed by atoms with Crippen molar-refractivity contribution < 1.29 is 14.6 Å². The molecular formula is C36H30N4O3. The number of hydrogen-bond donors (Lipinski definition) is 1. The maximum Gasteiger partial charge on any atom is 0.309 e. The van der Waals surface area contributed by atoms with Gasteiger partial charge in [0.15, 0.2) is 0 Å². The van der Waals surface area contributed by atoms with E-state index >= 15 is 0 Å². The lowest BCUT2D eigenvalue weighted by molar-refractivity contribution is -0.146. The number of nitrogens with zero attached hydrogens (tertiary/aromatic N) is 4. The van der Waals surface area contributed by atoms with Crippen molar-refractivity contribution >= 4 is 27.9 Å². The number of aliphatic carboxylic acids is 1. The van der Waals surface area contributed by atoms with Crippen molar-refractivity contribution in [1.29, 1.82) is 5.26 Å². The zero-order valence-corrected chi connectivity index (χ0v) is 24.0. The molecule has 2 aromatic heterocycles. The molecule has 0 saturated carbocycles. The molecule has 7 heteroatoms. The first kappa shape index (κ1) is 27.7. The maximum atomic E-state index is 12.0. The van der Waals surface area contributed by atoms with Crippen molar-refractivity contribution in [3.05, 3.63) is 126 Å². The van der Waals surface area contributed by atoms with Crippen molar-refractivity contribution in [1.82, 2.24) is 14.5 Å². The lowest BCUT2D eigenvalue weighted by atomic mass is 9.89. The molecule has 0 bridgehead atoms. The minimum Gasteiger partial charge on any atom is -0.487 e. The van der Waals surface area contributed by atoms with Gasteiger partial charge in [-0.3, -0.25) is 4.79 Å². The van der Waals surface area contributed by atoms with Crippen molar-refractivity contribution in [2.45, 2.75) is 33.4 Å². The summed E-state index contributed by atoms with van der Waals surface area (Å²) in [5.41, 5.74) is 6.08. The summed E-state index contributed by atoms with van der Waals surface area (Å²) in [7, 11) is 0. The fourth-order valence-electron chi connectivity index (χ4n) is 5.13. The second kappa shape index (κ2) is 11.4. The van der Waals surface area contributed by atoms with Gasteiger partial charge in [-0.2, -0.15) is 5.26 Å². The molecule has 1 N–H and O–H groups in total.